The third-order valence-electron chi connectivity index (χ3n) is 6.30. The monoisotopic (exact) mass is 360 g/mol. The molecular weight excluding hydrogens is 336 g/mol. The van der Waals surface area contributed by atoms with E-state index in [1.807, 2.05) is 0 Å². The quantitative estimate of drug-likeness (QED) is 0.790. The van der Waals surface area contributed by atoms with Crippen molar-refractivity contribution < 1.29 is 9.59 Å². The van der Waals surface area contributed by atoms with Gasteiger partial charge in [-0.15, -0.1) is 0 Å². The Balaban J connectivity index is 1.26. The Morgan fingerprint density at radius 3 is 2.20 bits per heavy atom. The van der Waals surface area contributed by atoms with Crippen LogP contribution >= 0.6 is 11.6 Å². The molecule has 1 aromatic rings. The predicted molar refractivity (Wildman–Crippen MR) is 97.4 cm³/mol. The normalized spacial score (nSPS) is 32.4. The van der Waals surface area contributed by atoms with Crippen LogP contribution in [0.15, 0.2) is 24.3 Å². The highest BCUT2D eigenvalue weighted by molar-refractivity contribution is 6.30. The maximum atomic E-state index is 12.8. The van der Waals surface area contributed by atoms with Gasteiger partial charge in [-0.2, -0.15) is 0 Å². The Labute approximate surface area is 153 Å². The molecule has 5 heteroatoms. The summed E-state index contributed by atoms with van der Waals surface area (Å²) in [4.78, 5) is 24.9. The number of rotatable bonds is 5. The molecule has 0 radical (unpaired) electrons. The summed E-state index contributed by atoms with van der Waals surface area (Å²) in [5, 5.41) is 6.47. The summed E-state index contributed by atoms with van der Waals surface area (Å²) in [6.45, 7) is 0.913. The van der Waals surface area contributed by atoms with E-state index < -0.39 is 0 Å². The van der Waals surface area contributed by atoms with Gasteiger partial charge in [0.1, 0.15) is 0 Å². The molecule has 0 aromatic heterocycles. The molecule has 4 fully saturated rings. The van der Waals surface area contributed by atoms with Gasteiger partial charge in [0, 0.05) is 29.1 Å². The van der Waals surface area contributed by atoms with Crippen molar-refractivity contribution in [3.63, 3.8) is 0 Å². The van der Waals surface area contributed by atoms with Gasteiger partial charge in [0.2, 0.25) is 5.91 Å². The fourth-order valence-electron chi connectivity index (χ4n) is 5.66. The molecule has 25 heavy (non-hydrogen) atoms. The zero-order valence-electron chi connectivity index (χ0n) is 14.4. The lowest BCUT2D eigenvalue weighted by atomic mass is 9.49. The lowest BCUT2D eigenvalue weighted by molar-refractivity contribution is -0.146. The maximum absolute atomic E-state index is 12.8. The molecule has 1 aromatic carbocycles. The lowest BCUT2D eigenvalue weighted by Crippen LogP contribution is -2.54. The highest BCUT2D eigenvalue weighted by Crippen LogP contribution is 2.60. The smallest absolute Gasteiger partial charge is 0.251 e. The number of amides is 2. The van der Waals surface area contributed by atoms with E-state index in [-0.39, 0.29) is 17.2 Å². The van der Waals surface area contributed by atoms with Crippen molar-refractivity contribution in [1.29, 1.82) is 0 Å². The second-order valence-electron chi connectivity index (χ2n) is 8.22. The van der Waals surface area contributed by atoms with E-state index >= 15 is 0 Å². The third kappa shape index (κ3) is 3.41. The van der Waals surface area contributed by atoms with Gasteiger partial charge in [-0.05, 0) is 74.5 Å². The molecule has 2 N–H and O–H groups in total. The summed E-state index contributed by atoms with van der Waals surface area (Å²) in [6.07, 6.45) is 7.21. The van der Waals surface area contributed by atoms with Crippen LogP contribution in [0, 0.1) is 23.2 Å². The van der Waals surface area contributed by atoms with E-state index in [1.165, 1.54) is 19.3 Å². The summed E-state index contributed by atoms with van der Waals surface area (Å²) >= 11 is 5.90. The van der Waals surface area contributed by atoms with Crippen molar-refractivity contribution in [2.45, 2.75) is 38.5 Å². The molecule has 4 aliphatic rings. The SMILES string of the molecule is O=C(NCCNC(=O)C12CC3CC(CC(C3)C1)C2)c1cccc(Cl)c1. The van der Waals surface area contributed by atoms with Crippen molar-refractivity contribution in [3.8, 4) is 0 Å². The molecular formula is C20H25ClN2O2. The summed E-state index contributed by atoms with van der Waals surface area (Å²) < 4.78 is 0. The average Bonchev–Trinajstić information content (AvgIpc) is 2.57. The zero-order valence-corrected chi connectivity index (χ0v) is 15.1. The van der Waals surface area contributed by atoms with Crippen LogP contribution in [0.3, 0.4) is 0 Å². The van der Waals surface area contributed by atoms with Gasteiger partial charge in [-0.25, -0.2) is 0 Å². The topological polar surface area (TPSA) is 58.2 Å². The van der Waals surface area contributed by atoms with Gasteiger partial charge in [0.15, 0.2) is 0 Å². The van der Waals surface area contributed by atoms with Gasteiger partial charge in [-0.3, -0.25) is 9.59 Å². The Kier molecular flexibility index (Phi) is 4.48. The van der Waals surface area contributed by atoms with Crippen molar-refractivity contribution in [1.82, 2.24) is 10.6 Å². The number of carbonyl (C=O) groups is 2. The second-order valence-corrected chi connectivity index (χ2v) is 8.66. The Bertz CT molecular complexity index is 653. The molecule has 4 aliphatic carbocycles. The second kappa shape index (κ2) is 6.64. The van der Waals surface area contributed by atoms with Crippen molar-refractivity contribution in [2.24, 2.45) is 23.2 Å². The van der Waals surface area contributed by atoms with Gasteiger partial charge in [-0.1, -0.05) is 17.7 Å². The average molecular weight is 361 g/mol. The number of halogens is 1. The third-order valence-corrected chi connectivity index (χ3v) is 6.54. The van der Waals surface area contributed by atoms with Gasteiger partial charge in [0.25, 0.3) is 5.91 Å². The highest BCUT2D eigenvalue weighted by Gasteiger charge is 2.54. The minimum absolute atomic E-state index is 0.119. The van der Waals surface area contributed by atoms with Crippen molar-refractivity contribution in [2.75, 3.05) is 13.1 Å². The summed E-state index contributed by atoms with van der Waals surface area (Å²) in [6, 6.07) is 6.87. The first-order valence-corrected chi connectivity index (χ1v) is 9.74. The number of hydrogen-bond donors (Lipinski definition) is 2. The van der Waals surface area contributed by atoms with Crippen LogP contribution in [-0.2, 0) is 4.79 Å². The molecule has 0 heterocycles. The van der Waals surface area contributed by atoms with Crippen LogP contribution in [0.4, 0.5) is 0 Å². The molecule has 0 unspecified atom stereocenters. The molecule has 0 spiro atoms. The minimum Gasteiger partial charge on any atom is -0.354 e. The summed E-state index contributed by atoms with van der Waals surface area (Å²) in [5.41, 5.74) is 0.422. The maximum Gasteiger partial charge on any atom is 0.251 e. The van der Waals surface area contributed by atoms with E-state index in [2.05, 4.69) is 10.6 Å². The molecule has 4 nitrogen and oxygen atoms in total. The largest absolute Gasteiger partial charge is 0.354 e. The van der Waals surface area contributed by atoms with Crippen LogP contribution < -0.4 is 10.6 Å². The van der Waals surface area contributed by atoms with Gasteiger partial charge < -0.3 is 10.6 Å². The van der Waals surface area contributed by atoms with Crippen LogP contribution in [0.25, 0.3) is 0 Å². The van der Waals surface area contributed by atoms with E-state index in [1.54, 1.807) is 24.3 Å². The number of nitrogens with one attached hydrogen (secondary N) is 2. The van der Waals surface area contributed by atoms with Crippen LogP contribution in [0.5, 0.6) is 0 Å². The number of hydrogen-bond acceptors (Lipinski definition) is 2. The van der Waals surface area contributed by atoms with Crippen LogP contribution in [-0.4, -0.2) is 24.9 Å². The zero-order chi connectivity index (χ0) is 17.4. The van der Waals surface area contributed by atoms with Crippen molar-refractivity contribution >= 4 is 23.4 Å². The van der Waals surface area contributed by atoms with Crippen LogP contribution in [0.1, 0.15) is 48.9 Å². The van der Waals surface area contributed by atoms with Crippen LogP contribution in [0.2, 0.25) is 5.02 Å². The predicted octanol–water partition coefficient (Wildman–Crippen LogP) is 3.40. The van der Waals surface area contributed by atoms with Gasteiger partial charge in [0.05, 0.1) is 0 Å². The number of carbonyl (C=O) groups excluding carboxylic acids is 2. The Morgan fingerprint density at radius 1 is 1.00 bits per heavy atom. The molecule has 4 bridgehead atoms. The summed E-state index contributed by atoms with van der Waals surface area (Å²) in [5.74, 6) is 2.34. The Morgan fingerprint density at radius 2 is 1.60 bits per heavy atom. The number of benzene rings is 1. The minimum atomic E-state index is -0.161. The fourth-order valence-corrected chi connectivity index (χ4v) is 5.85. The van der Waals surface area contributed by atoms with E-state index in [4.69, 9.17) is 11.6 Å². The lowest BCUT2D eigenvalue weighted by Gasteiger charge is -2.55. The first-order chi connectivity index (χ1) is 12.0. The molecule has 0 aliphatic heterocycles. The van der Waals surface area contributed by atoms with Crippen molar-refractivity contribution in [3.05, 3.63) is 34.9 Å². The fraction of sp³-hybridized carbons (Fsp3) is 0.600. The molecule has 4 saturated carbocycles. The first kappa shape index (κ1) is 16.9. The van der Waals surface area contributed by atoms with E-state index in [0.717, 1.165) is 37.0 Å². The van der Waals surface area contributed by atoms with E-state index in [9.17, 15) is 9.59 Å². The molecule has 2 amide bonds. The summed E-state index contributed by atoms with van der Waals surface area (Å²) in [7, 11) is 0. The first-order valence-electron chi connectivity index (χ1n) is 9.36. The molecule has 5 rings (SSSR count). The standard InChI is InChI=1S/C20H25ClN2O2/c21-17-3-1-2-16(9-17)18(24)22-4-5-23-19(25)20-10-13-6-14(11-20)8-15(7-13)12-20/h1-3,9,13-15H,4-8,10-12H2,(H,22,24)(H,23,25). The molecule has 0 saturated heterocycles. The highest BCUT2D eigenvalue weighted by atomic mass is 35.5. The van der Waals surface area contributed by atoms with E-state index in [0.29, 0.717) is 23.7 Å². The molecule has 134 valence electrons. The molecule has 0 atom stereocenters. The van der Waals surface area contributed by atoms with Gasteiger partial charge >= 0.3 is 0 Å². The Hall–Kier alpha value is -1.55.